The molecule has 24 heavy (non-hydrogen) atoms. The van der Waals surface area contributed by atoms with Crippen LogP contribution in [0.15, 0.2) is 65.2 Å². The zero-order chi connectivity index (χ0) is 17.9. The largest absolute Gasteiger partial charge is 0.303 e. The maximum absolute atomic E-state index is 12.6. The minimum atomic E-state index is -0.0678. The minimum absolute atomic E-state index is 0.0678. The van der Waals surface area contributed by atoms with E-state index in [1.165, 1.54) is 5.56 Å². The second-order valence-corrected chi connectivity index (χ2v) is 7.92. The normalized spacial score (nSPS) is 11.2. The number of para-hydroxylation sites is 1. The number of rotatable bonds is 4. The molecule has 0 N–H and O–H groups in total. The standard InChI is InChI=1S/C21H24BrNO/c1-15(2)20(24)23(19-9-7-6-8-18(19)22)14-16-10-12-17(13-11-16)21(3,4)5/h6-13H,1,14H2,2-5H3. The van der Waals surface area contributed by atoms with E-state index in [-0.39, 0.29) is 11.3 Å². The Bertz CT molecular complexity index is 741. The average Bonchev–Trinajstić information content (AvgIpc) is 2.52. The first-order valence-corrected chi connectivity index (χ1v) is 8.81. The van der Waals surface area contributed by atoms with Gasteiger partial charge in [0.15, 0.2) is 0 Å². The van der Waals surface area contributed by atoms with Gasteiger partial charge in [-0.25, -0.2) is 0 Å². The van der Waals surface area contributed by atoms with Crippen LogP contribution in [0.4, 0.5) is 5.69 Å². The molecule has 3 heteroatoms. The Morgan fingerprint density at radius 1 is 1.08 bits per heavy atom. The second kappa shape index (κ2) is 7.35. The number of hydrogen-bond acceptors (Lipinski definition) is 1. The summed E-state index contributed by atoms with van der Waals surface area (Å²) in [7, 11) is 0. The monoisotopic (exact) mass is 385 g/mol. The quantitative estimate of drug-likeness (QED) is 0.603. The van der Waals surface area contributed by atoms with Gasteiger partial charge in [-0.05, 0) is 51.5 Å². The zero-order valence-corrected chi connectivity index (χ0v) is 16.4. The van der Waals surface area contributed by atoms with Crippen LogP contribution in [0.1, 0.15) is 38.8 Å². The summed E-state index contributed by atoms with van der Waals surface area (Å²) in [6, 6.07) is 16.2. The van der Waals surface area contributed by atoms with Crippen LogP contribution in [0.3, 0.4) is 0 Å². The number of hydrogen-bond donors (Lipinski definition) is 0. The fraction of sp³-hybridized carbons (Fsp3) is 0.286. The average molecular weight is 386 g/mol. The Balaban J connectivity index is 2.34. The maximum atomic E-state index is 12.6. The van der Waals surface area contributed by atoms with Crippen LogP contribution in [0.25, 0.3) is 0 Å². The van der Waals surface area contributed by atoms with Crippen molar-refractivity contribution in [3.05, 3.63) is 76.3 Å². The molecular formula is C21H24BrNO. The molecule has 2 aromatic carbocycles. The topological polar surface area (TPSA) is 20.3 Å². The number of halogens is 1. The maximum Gasteiger partial charge on any atom is 0.253 e. The molecule has 0 atom stereocenters. The first-order chi connectivity index (χ1) is 11.2. The molecule has 0 unspecified atom stereocenters. The van der Waals surface area contributed by atoms with Crippen LogP contribution in [0, 0.1) is 0 Å². The fourth-order valence-electron chi connectivity index (χ4n) is 2.46. The molecule has 0 heterocycles. The number of anilines is 1. The molecule has 1 amide bonds. The van der Waals surface area contributed by atoms with E-state index in [1.807, 2.05) is 24.3 Å². The molecular weight excluding hydrogens is 362 g/mol. The van der Waals surface area contributed by atoms with E-state index in [4.69, 9.17) is 0 Å². The van der Waals surface area contributed by atoms with Gasteiger partial charge in [0, 0.05) is 10.0 Å². The Kier molecular flexibility index (Phi) is 5.66. The number of benzene rings is 2. The highest BCUT2D eigenvalue weighted by Gasteiger charge is 2.19. The number of carbonyl (C=O) groups is 1. The van der Waals surface area contributed by atoms with Crippen LogP contribution in [-0.2, 0) is 16.8 Å². The predicted molar refractivity (Wildman–Crippen MR) is 105 cm³/mol. The third-order valence-corrected chi connectivity index (χ3v) is 4.58. The molecule has 0 saturated heterocycles. The molecule has 0 aliphatic carbocycles. The zero-order valence-electron chi connectivity index (χ0n) is 14.8. The third-order valence-electron chi connectivity index (χ3n) is 3.91. The second-order valence-electron chi connectivity index (χ2n) is 7.07. The third kappa shape index (κ3) is 4.35. The van der Waals surface area contributed by atoms with Gasteiger partial charge in [-0.3, -0.25) is 4.79 Å². The van der Waals surface area contributed by atoms with Gasteiger partial charge >= 0.3 is 0 Å². The van der Waals surface area contributed by atoms with E-state index in [1.54, 1.807) is 11.8 Å². The van der Waals surface area contributed by atoms with Gasteiger partial charge < -0.3 is 4.90 Å². The van der Waals surface area contributed by atoms with Crippen molar-refractivity contribution in [3.63, 3.8) is 0 Å². The van der Waals surface area contributed by atoms with E-state index < -0.39 is 0 Å². The predicted octanol–water partition coefficient (Wildman–Crippen LogP) is 5.86. The molecule has 2 nitrogen and oxygen atoms in total. The van der Waals surface area contributed by atoms with Gasteiger partial charge in [-0.1, -0.05) is 63.7 Å². The molecule has 0 aliphatic heterocycles. The van der Waals surface area contributed by atoms with Crippen LogP contribution < -0.4 is 4.90 Å². The SMILES string of the molecule is C=C(C)C(=O)N(Cc1ccc(C(C)(C)C)cc1)c1ccccc1Br. The molecule has 126 valence electrons. The van der Waals surface area contributed by atoms with E-state index >= 15 is 0 Å². The first kappa shape index (κ1) is 18.5. The number of nitrogens with zero attached hydrogens (tertiary/aromatic N) is 1. The Hall–Kier alpha value is -1.87. The fourth-order valence-corrected chi connectivity index (χ4v) is 2.96. The van der Waals surface area contributed by atoms with Crippen molar-refractivity contribution in [2.24, 2.45) is 0 Å². The smallest absolute Gasteiger partial charge is 0.253 e. The number of amides is 1. The molecule has 0 aliphatic rings. The Labute approximate surface area is 153 Å². The highest BCUT2D eigenvalue weighted by molar-refractivity contribution is 9.10. The molecule has 2 rings (SSSR count). The van der Waals surface area contributed by atoms with Gasteiger partial charge in [-0.2, -0.15) is 0 Å². The van der Waals surface area contributed by atoms with Crippen LogP contribution in [0.2, 0.25) is 0 Å². The van der Waals surface area contributed by atoms with Gasteiger partial charge in [0.2, 0.25) is 0 Å². The highest BCUT2D eigenvalue weighted by atomic mass is 79.9. The number of carbonyl (C=O) groups excluding carboxylic acids is 1. The summed E-state index contributed by atoms with van der Waals surface area (Å²) in [6.07, 6.45) is 0. The van der Waals surface area contributed by atoms with E-state index in [2.05, 4.69) is 67.5 Å². The lowest BCUT2D eigenvalue weighted by molar-refractivity contribution is -0.115. The minimum Gasteiger partial charge on any atom is -0.303 e. The lowest BCUT2D eigenvalue weighted by atomic mass is 9.87. The van der Waals surface area contributed by atoms with Crippen molar-refractivity contribution in [1.29, 1.82) is 0 Å². The summed E-state index contributed by atoms with van der Waals surface area (Å²) in [5.41, 5.74) is 3.87. The van der Waals surface area contributed by atoms with Crippen molar-refractivity contribution in [1.82, 2.24) is 0 Å². The molecule has 0 spiro atoms. The highest BCUT2D eigenvalue weighted by Crippen LogP contribution is 2.29. The van der Waals surface area contributed by atoms with Crippen molar-refractivity contribution in [2.45, 2.75) is 39.7 Å². The molecule has 0 saturated carbocycles. The van der Waals surface area contributed by atoms with Gasteiger partial charge in [0.05, 0.1) is 12.2 Å². The van der Waals surface area contributed by atoms with Gasteiger partial charge in [0.25, 0.3) is 5.91 Å². The summed E-state index contributed by atoms with van der Waals surface area (Å²) in [5, 5.41) is 0. The first-order valence-electron chi connectivity index (χ1n) is 8.01. The summed E-state index contributed by atoms with van der Waals surface area (Å²) in [6.45, 7) is 12.7. The van der Waals surface area contributed by atoms with Crippen LogP contribution >= 0.6 is 15.9 Å². The van der Waals surface area contributed by atoms with Crippen molar-refractivity contribution in [2.75, 3.05) is 4.90 Å². The van der Waals surface area contributed by atoms with Crippen molar-refractivity contribution >= 4 is 27.5 Å². The lowest BCUT2D eigenvalue weighted by Crippen LogP contribution is -2.31. The molecule has 0 aromatic heterocycles. The molecule has 0 fully saturated rings. The van der Waals surface area contributed by atoms with E-state index in [0.29, 0.717) is 12.1 Å². The van der Waals surface area contributed by atoms with Gasteiger partial charge in [0.1, 0.15) is 0 Å². The summed E-state index contributed by atoms with van der Waals surface area (Å²) >= 11 is 3.54. The summed E-state index contributed by atoms with van der Waals surface area (Å²) in [4.78, 5) is 14.4. The molecule has 2 aromatic rings. The molecule has 0 radical (unpaired) electrons. The summed E-state index contributed by atoms with van der Waals surface area (Å²) in [5.74, 6) is -0.0678. The van der Waals surface area contributed by atoms with Crippen molar-refractivity contribution < 1.29 is 4.79 Å². The van der Waals surface area contributed by atoms with Crippen LogP contribution in [0.5, 0.6) is 0 Å². The van der Waals surface area contributed by atoms with E-state index in [9.17, 15) is 4.79 Å². The summed E-state index contributed by atoms with van der Waals surface area (Å²) < 4.78 is 0.894. The van der Waals surface area contributed by atoms with Crippen molar-refractivity contribution in [3.8, 4) is 0 Å². The van der Waals surface area contributed by atoms with Crippen LogP contribution in [-0.4, -0.2) is 5.91 Å². The Morgan fingerprint density at radius 3 is 2.17 bits per heavy atom. The van der Waals surface area contributed by atoms with Gasteiger partial charge in [-0.15, -0.1) is 0 Å². The molecule has 0 bridgehead atoms. The lowest BCUT2D eigenvalue weighted by Gasteiger charge is -2.25. The Morgan fingerprint density at radius 2 is 1.67 bits per heavy atom. The van der Waals surface area contributed by atoms with E-state index in [0.717, 1.165) is 15.7 Å².